The molecule has 0 spiro atoms. The van der Waals surface area contributed by atoms with Crippen molar-refractivity contribution in [1.82, 2.24) is 5.32 Å². The molecule has 0 radical (unpaired) electrons. The highest BCUT2D eigenvalue weighted by Gasteiger charge is 2.24. The zero-order chi connectivity index (χ0) is 30.2. The molecule has 0 fully saturated rings. The molecule has 0 bridgehead atoms. The number of aliphatic carboxylic acids is 1. The maximum atomic E-state index is 13.6. The van der Waals surface area contributed by atoms with Crippen LogP contribution in [0.1, 0.15) is 40.2 Å². The number of anilines is 1. The van der Waals surface area contributed by atoms with Crippen molar-refractivity contribution in [2.24, 2.45) is 15.9 Å². The molecule has 1 aliphatic heterocycles. The third-order valence-corrected chi connectivity index (χ3v) is 5.25. The number of nitrogens with one attached hydrogen (secondary N) is 2. The van der Waals surface area contributed by atoms with Gasteiger partial charge in [0.2, 0.25) is 0 Å². The molecule has 3 N–H and O–H groups in total. The van der Waals surface area contributed by atoms with Crippen molar-refractivity contribution in [1.29, 1.82) is 0 Å². The lowest BCUT2D eigenvalue weighted by Crippen LogP contribution is -2.41. The summed E-state index contributed by atoms with van der Waals surface area (Å²) >= 11 is 0. The Labute approximate surface area is 208 Å². The van der Waals surface area contributed by atoms with Gasteiger partial charge in [-0.3, -0.25) is 9.79 Å². The third-order valence-electron chi connectivity index (χ3n) is 5.25. The van der Waals surface area contributed by atoms with Crippen LogP contribution < -0.4 is 10.6 Å². The number of hydrogen-bond acceptors (Lipinski definition) is 5. The smallest absolute Gasteiger partial charge is 0.326 e. The number of hydrogen-bond donors (Lipinski definition) is 3. The Bertz CT molecular complexity index is 1600. The van der Waals surface area contributed by atoms with E-state index in [1.807, 2.05) is 13.8 Å². The highest BCUT2D eigenvalue weighted by Crippen LogP contribution is 2.33. The topological polar surface area (TPSA) is 103 Å². The summed E-state index contributed by atoms with van der Waals surface area (Å²) in [5, 5.41) is 14.9. The number of aliphatic imine (C=N–C) groups is 2. The van der Waals surface area contributed by atoms with E-state index in [9.17, 15) is 14.7 Å². The maximum absolute atomic E-state index is 13.6. The second kappa shape index (κ2) is 10.3. The summed E-state index contributed by atoms with van der Waals surface area (Å²) in [6.07, 6.45) is 3.22. The summed E-state index contributed by atoms with van der Waals surface area (Å²) in [7, 11) is 0. The molecule has 3 aromatic rings. The highest BCUT2D eigenvalue weighted by atomic mass is 16.4. The molecule has 1 heterocycles. The molecule has 7 heteroatoms. The van der Waals surface area contributed by atoms with Crippen molar-refractivity contribution in [3.05, 3.63) is 66.1 Å². The number of benzene rings is 3. The lowest BCUT2D eigenvalue weighted by molar-refractivity contribution is -0.139. The molecule has 1 amide bonds. The number of carboxylic acid groups (broad SMARTS) is 1. The summed E-state index contributed by atoms with van der Waals surface area (Å²) in [6.45, 7) is 3.97. The van der Waals surface area contributed by atoms with Gasteiger partial charge in [0.25, 0.3) is 5.91 Å². The highest BCUT2D eigenvalue weighted by molar-refractivity contribution is 6.07. The Morgan fingerprint density at radius 1 is 1.12 bits per heavy atom. The Balaban J connectivity index is 1.98. The van der Waals surface area contributed by atoms with Crippen LogP contribution in [0.25, 0.3) is 21.9 Å². The summed E-state index contributed by atoms with van der Waals surface area (Å²) in [5.41, 5.74) is 0.306. The van der Waals surface area contributed by atoms with Gasteiger partial charge in [-0.05, 0) is 52.4 Å². The largest absolute Gasteiger partial charge is 0.480 e. The summed E-state index contributed by atoms with van der Waals surface area (Å²) < 4.78 is 58.9. The van der Waals surface area contributed by atoms with Crippen LogP contribution in [-0.4, -0.2) is 48.2 Å². The fourth-order valence-corrected chi connectivity index (χ4v) is 3.63. The van der Waals surface area contributed by atoms with Crippen LogP contribution in [0.5, 0.6) is 0 Å². The van der Waals surface area contributed by atoms with E-state index in [2.05, 4.69) is 20.6 Å². The number of nitrogens with zero attached hydrogens (tertiary/aromatic N) is 2. The molecule has 1 aliphatic rings. The molecular weight excluding hydrogens is 428 g/mol. The van der Waals surface area contributed by atoms with Gasteiger partial charge in [-0.2, -0.15) is 0 Å². The first-order valence-corrected chi connectivity index (χ1v) is 10.8. The van der Waals surface area contributed by atoms with E-state index in [4.69, 9.17) is 9.60 Å². The zero-order valence-electron chi connectivity index (χ0n) is 25.7. The van der Waals surface area contributed by atoms with Crippen molar-refractivity contribution < 1.29 is 24.3 Å². The second-order valence-electron chi connectivity index (χ2n) is 8.27. The molecule has 174 valence electrons. The van der Waals surface area contributed by atoms with E-state index < -0.39 is 60.2 Å². The van der Waals surface area contributed by atoms with E-state index in [-0.39, 0.29) is 45.8 Å². The summed E-state index contributed by atoms with van der Waals surface area (Å²) in [4.78, 5) is 33.6. The minimum Gasteiger partial charge on any atom is -0.480 e. The number of carboxylic acids is 1. The van der Waals surface area contributed by atoms with Gasteiger partial charge in [-0.25, -0.2) is 9.79 Å². The van der Waals surface area contributed by atoms with Crippen molar-refractivity contribution in [2.45, 2.75) is 32.4 Å². The van der Waals surface area contributed by atoms with E-state index in [0.717, 1.165) is 0 Å². The van der Waals surface area contributed by atoms with Crippen LogP contribution in [0, 0.1) is 5.92 Å². The first-order valence-electron chi connectivity index (χ1n) is 14.3. The number of carbonyl (C=O) groups excluding carboxylic acids is 1. The first-order chi connectivity index (χ1) is 19.3. The Hall–Kier alpha value is -4.00. The Kier molecular flexibility index (Phi) is 4.77. The standard InChI is InChI=1S/C27H28N4O3/c1-17(2)12-25(27(33)34)31-26(32)23-11-10-19(29-15-20-14-28-16-30-20)13-24(23)22-9-5-7-18-6-3-4-8-21(18)22/h3-11,13-14,16-17,20,25,29H,12,15H2,1-2H3,(H,31,32)(H,33,34)/t20?,25-/m0/s1/i3D,4D,5D,6D,7D,8D,9D. The summed E-state index contributed by atoms with van der Waals surface area (Å²) in [5.74, 6) is -2.04. The molecule has 0 aromatic heterocycles. The molecule has 0 saturated carbocycles. The Morgan fingerprint density at radius 3 is 2.65 bits per heavy atom. The van der Waals surface area contributed by atoms with E-state index in [1.165, 1.54) is 18.5 Å². The van der Waals surface area contributed by atoms with Gasteiger partial charge in [0.15, 0.2) is 0 Å². The minimum atomic E-state index is -1.22. The van der Waals surface area contributed by atoms with Crippen LogP contribution in [0.2, 0.25) is 0 Å². The van der Waals surface area contributed by atoms with Crippen LogP contribution in [0.3, 0.4) is 0 Å². The molecule has 0 saturated heterocycles. The van der Waals surface area contributed by atoms with Gasteiger partial charge in [0.05, 0.1) is 9.60 Å². The average Bonchev–Trinajstić information content (AvgIpc) is 3.45. The van der Waals surface area contributed by atoms with Crippen LogP contribution in [0.4, 0.5) is 5.69 Å². The predicted molar refractivity (Wildman–Crippen MR) is 137 cm³/mol. The molecule has 2 atom stereocenters. The first kappa shape index (κ1) is 15.8. The number of fused-ring (bicyclic) bond motifs is 1. The zero-order valence-corrected chi connectivity index (χ0v) is 18.7. The van der Waals surface area contributed by atoms with Crippen LogP contribution >= 0.6 is 0 Å². The monoisotopic (exact) mass is 463 g/mol. The second-order valence-corrected chi connectivity index (χ2v) is 8.27. The van der Waals surface area contributed by atoms with Gasteiger partial charge in [-0.1, -0.05) is 56.1 Å². The number of carbonyl (C=O) groups is 2. The van der Waals surface area contributed by atoms with Gasteiger partial charge in [0, 0.05) is 24.0 Å². The molecule has 0 aliphatic carbocycles. The molecule has 1 unspecified atom stereocenters. The van der Waals surface area contributed by atoms with Crippen molar-refractivity contribution in [2.75, 3.05) is 11.9 Å². The van der Waals surface area contributed by atoms with E-state index >= 15 is 0 Å². The van der Waals surface area contributed by atoms with Crippen molar-refractivity contribution >= 4 is 40.9 Å². The van der Waals surface area contributed by atoms with E-state index in [1.54, 1.807) is 12.3 Å². The summed E-state index contributed by atoms with van der Waals surface area (Å²) in [6, 6.07) is -0.838. The van der Waals surface area contributed by atoms with Crippen LogP contribution in [-0.2, 0) is 4.79 Å². The van der Waals surface area contributed by atoms with Gasteiger partial charge in [-0.15, -0.1) is 0 Å². The molecular formula is C27H28N4O3. The SMILES string of the molecule is [2H]c1c([2H])c([2H])c2c(-c3cc(NCC4C=NC=N4)ccc3C(=O)N[C@@H](CC(C)C)C(=O)O)c([2H])c([2H])c([2H])c2c1[2H]. The number of amides is 1. The molecule has 7 nitrogen and oxygen atoms in total. The van der Waals surface area contributed by atoms with Gasteiger partial charge >= 0.3 is 5.97 Å². The minimum absolute atomic E-state index is 0.0401. The number of rotatable bonds is 9. The molecule has 3 aromatic carbocycles. The molecule has 4 rings (SSSR count). The molecule has 34 heavy (non-hydrogen) atoms. The third kappa shape index (κ3) is 5.31. The Morgan fingerprint density at radius 2 is 1.91 bits per heavy atom. The fraction of sp³-hybridized carbons (Fsp3) is 0.259. The fourth-order valence-electron chi connectivity index (χ4n) is 3.63. The average molecular weight is 464 g/mol. The van der Waals surface area contributed by atoms with Crippen LogP contribution in [0.15, 0.2) is 70.5 Å². The van der Waals surface area contributed by atoms with Crippen molar-refractivity contribution in [3.63, 3.8) is 0 Å². The quantitative estimate of drug-likeness (QED) is 0.430. The lowest BCUT2D eigenvalue weighted by Gasteiger charge is -2.19. The lowest BCUT2D eigenvalue weighted by atomic mass is 9.93. The maximum Gasteiger partial charge on any atom is 0.326 e. The van der Waals surface area contributed by atoms with Gasteiger partial charge in [0.1, 0.15) is 18.4 Å². The van der Waals surface area contributed by atoms with E-state index in [0.29, 0.717) is 12.2 Å². The predicted octanol–water partition coefficient (Wildman–Crippen LogP) is 4.63. The van der Waals surface area contributed by atoms with Gasteiger partial charge < -0.3 is 15.7 Å². The normalized spacial score (nSPS) is 18.4. The van der Waals surface area contributed by atoms with Crippen molar-refractivity contribution in [3.8, 4) is 11.1 Å².